The highest BCUT2D eigenvalue weighted by Crippen LogP contribution is 2.17. The van der Waals surface area contributed by atoms with Crippen LogP contribution in [-0.2, 0) is 16.0 Å². The maximum atomic E-state index is 12.3. The zero-order chi connectivity index (χ0) is 22.8. The molecule has 0 aliphatic rings. The van der Waals surface area contributed by atoms with Crippen LogP contribution in [0.5, 0.6) is 5.75 Å². The Balaban J connectivity index is 1.81. The number of hydrogen-bond acceptors (Lipinski definition) is 4. The molecule has 0 saturated carbocycles. The molecule has 0 spiro atoms. The van der Waals surface area contributed by atoms with Crippen LogP contribution in [0.1, 0.15) is 44.4 Å². The molecule has 2 N–H and O–H groups in total. The molecule has 0 aromatic heterocycles. The molecule has 1 atom stereocenters. The highest BCUT2D eigenvalue weighted by molar-refractivity contribution is 6.39. The van der Waals surface area contributed by atoms with E-state index in [1.807, 2.05) is 33.2 Å². The fraction of sp³-hybridized carbons (Fsp3) is 0.440. The van der Waals surface area contributed by atoms with Crippen molar-refractivity contribution in [2.75, 3.05) is 32.6 Å². The standard InChI is InChI=1S/C25H35N3O3/c1-18(2)17-20-7-9-21(10-8-20)19(3)26-24(29)25(30)27-22-11-13-23(14-12-22)31-16-6-15-28(4)5/h7-14,18-19H,6,15-17H2,1-5H3,(H,26,29)(H,27,30). The van der Waals surface area contributed by atoms with E-state index < -0.39 is 11.8 Å². The number of carbonyl (C=O) groups is 2. The van der Waals surface area contributed by atoms with Crippen LogP contribution >= 0.6 is 0 Å². The highest BCUT2D eigenvalue weighted by atomic mass is 16.5. The van der Waals surface area contributed by atoms with Crippen LogP contribution in [0.25, 0.3) is 0 Å². The lowest BCUT2D eigenvalue weighted by molar-refractivity contribution is -0.136. The minimum atomic E-state index is -0.692. The molecule has 0 saturated heterocycles. The Morgan fingerprint density at radius 3 is 2.16 bits per heavy atom. The predicted octanol–water partition coefficient (Wildman–Crippen LogP) is 4.03. The third-order valence-corrected chi connectivity index (χ3v) is 4.81. The Kier molecular flexibility index (Phi) is 9.53. The molecule has 0 radical (unpaired) electrons. The first-order valence-electron chi connectivity index (χ1n) is 10.8. The van der Waals surface area contributed by atoms with Gasteiger partial charge in [-0.1, -0.05) is 38.1 Å². The van der Waals surface area contributed by atoms with E-state index in [4.69, 9.17) is 4.74 Å². The van der Waals surface area contributed by atoms with Crippen LogP contribution in [0.3, 0.4) is 0 Å². The summed E-state index contributed by atoms with van der Waals surface area (Å²) < 4.78 is 5.68. The molecule has 1 unspecified atom stereocenters. The monoisotopic (exact) mass is 425 g/mol. The number of nitrogens with zero attached hydrogens (tertiary/aromatic N) is 1. The number of carbonyl (C=O) groups excluding carboxylic acids is 2. The van der Waals surface area contributed by atoms with Gasteiger partial charge in [0.05, 0.1) is 12.6 Å². The summed E-state index contributed by atoms with van der Waals surface area (Å²) >= 11 is 0. The van der Waals surface area contributed by atoms with E-state index in [-0.39, 0.29) is 6.04 Å². The second-order valence-corrected chi connectivity index (χ2v) is 8.52. The molecule has 2 aromatic carbocycles. The van der Waals surface area contributed by atoms with Crippen LogP contribution in [-0.4, -0.2) is 44.0 Å². The van der Waals surface area contributed by atoms with Crippen LogP contribution in [0.15, 0.2) is 48.5 Å². The summed E-state index contributed by atoms with van der Waals surface area (Å²) in [6, 6.07) is 14.9. The molecule has 0 aliphatic carbocycles. The summed E-state index contributed by atoms with van der Waals surface area (Å²) in [5.41, 5.74) is 2.77. The van der Waals surface area contributed by atoms with Crippen LogP contribution < -0.4 is 15.4 Å². The molecule has 2 rings (SSSR count). The van der Waals surface area contributed by atoms with E-state index in [0.717, 1.165) is 30.7 Å². The molecule has 2 amide bonds. The second-order valence-electron chi connectivity index (χ2n) is 8.52. The Bertz CT molecular complexity index is 830. The molecule has 6 heteroatoms. The first kappa shape index (κ1) is 24.4. The summed E-state index contributed by atoms with van der Waals surface area (Å²) in [5.74, 6) is -0.0307. The van der Waals surface area contributed by atoms with E-state index in [2.05, 4.69) is 41.5 Å². The van der Waals surface area contributed by atoms with Crippen molar-refractivity contribution in [3.05, 3.63) is 59.7 Å². The molecule has 0 aliphatic heterocycles. The normalized spacial score (nSPS) is 12.0. The number of nitrogens with one attached hydrogen (secondary N) is 2. The number of anilines is 1. The van der Waals surface area contributed by atoms with Crippen molar-refractivity contribution in [3.63, 3.8) is 0 Å². The fourth-order valence-electron chi connectivity index (χ4n) is 3.15. The molecule has 0 fully saturated rings. The second kappa shape index (κ2) is 12.1. The van der Waals surface area contributed by atoms with Gasteiger partial charge >= 0.3 is 11.8 Å². The molecule has 6 nitrogen and oxygen atoms in total. The number of ether oxygens (including phenoxy) is 1. The summed E-state index contributed by atoms with van der Waals surface area (Å²) in [6.07, 6.45) is 1.95. The molecule has 0 heterocycles. The molecule has 31 heavy (non-hydrogen) atoms. The van der Waals surface area contributed by atoms with Crippen LogP contribution in [0, 0.1) is 5.92 Å². The molecular formula is C25H35N3O3. The van der Waals surface area contributed by atoms with Gasteiger partial charge in [-0.15, -0.1) is 0 Å². The smallest absolute Gasteiger partial charge is 0.313 e. The zero-order valence-electron chi connectivity index (χ0n) is 19.3. The number of rotatable bonds is 10. The first-order chi connectivity index (χ1) is 14.7. The summed E-state index contributed by atoms with van der Waals surface area (Å²) in [4.78, 5) is 26.7. The average Bonchev–Trinajstić information content (AvgIpc) is 2.72. The summed E-state index contributed by atoms with van der Waals surface area (Å²) in [5, 5.41) is 5.38. The van der Waals surface area contributed by atoms with Crippen LogP contribution in [0.2, 0.25) is 0 Å². The Hall–Kier alpha value is -2.86. The number of benzene rings is 2. The lowest BCUT2D eigenvalue weighted by Gasteiger charge is -2.15. The van der Waals surface area contributed by atoms with E-state index in [9.17, 15) is 9.59 Å². The highest BCUT2D eigenvalue weighted by Gasteiger charge is 2.17. The first-order valence-corrected chi connectivity index (χ1v) is 10.8. The van der Waals surface area contributed by atoms with Crippen molar-refractivity contribution in [2.24, 2.45) is 5.92 Å². The third-order valence-electron chi connectivity index (χ3n) is 4.81. The molecule has 168 valence electrons. The number of amides is 2. The fourth-order valence-corrected chi connectivity index (χ4v) is 3.15. The van der Waals surface area contributed by atoms with Crippen molar-refractivity contribution in [3.8, 4) is 5.75 Å². The van der Waals surface area contributed by atoms with Crippen molar-refractivity contribution in [2.45, 2.75) is 39.7 Å². The SMILES string of the molecule is CC(C)Cc1ccc(C(C)NC(=O)C(=O)Nc2ccc(OCCCN(C)C)cc2)cc1. The van der Waals surface area contributed by atoms with Gasteiger partial charge in [0, 0.05) is 12.2 Å². The third kappa shape index (κ3) is 8.80. The Morgan fingerprint density at radius 2 is 1.58 bits per heavy atom. The summed E-state index contributed by atoms with van der Waals surface area (Å²) in [7, 11) is 4.05. The van der Waals surface area contributed by atoms with Crippen molar-refractivity contribution in [1.29, 1.82) is 0 Å². The van der Waals surface area contributed by atoms with Gasteiger partial charge in [0.15, 0.2) is 0 Å². The maximum absolute atomic E-state index is 12.3. The lowest BCUT2D eigenvalue weighted by atomic mass is 10.00. The van der Waals surface area contributed by atoms with E-state index in [1.54, 1.807) is 24.3 Å². The van der Waals surface area contributed by atoms with Gasteiger partial charge in [-0.25, -0.2) is 0 Å². The van der Waals surface area contributed by atoms with Gasteiger partial charge in [0.2, 0.25) is 0 Å². The van der Waals surface area contributed by atoms with E-state index >= 15 is 0 Å². The van der Waals surface area contributed by atoms with Crippen molar-refractivity contribution < 1.29 is 14.3 Å². The van der Waals surface area contributed by atoms with Gasteiger partial charge < -0.3 is 20.3 Å². The molecule has 2 aromatic rings. The Morgan fingerprint density at radius 1 is 0.935 bits per heavy atom. The van der Waals surface area contributed by atoms with Gasteiger partial charge in [-0.3, -0.25) is 9.59 Å². The lowest BCUT2D eigenvalue weighted by Crippen LogP contribution is -2.36. The predicted molar refractivity (Wildman–Crippen MR) is 125 cm³/mol. The van der Waals surface area contributed by atoms with E-state index in [1.165, 1.54) is 5.56 Å². The van der Waals surface area contributed by atoms with Gasteiger partial charge in [-0.05, 0) is 75.2 Å². The topological polar surface area (TPSA) is 70.7 Å². The van der Waals surface area contributed by atoms with Crippen molar-refractivity contribution >= 4 is 17.5 Å². The van der Waals surface area contributed by atoms with Gasteiger partial charge in [0.25, 0.3) is 0 Å². The Labute approximate surface area is 186 Å². The summed E-state index contributed by atoms with van der Waals surface area (Å²) in [6.45, 7) is 7.82. The molecular weight excluding hydrogens is 390 g/mol. The van der Waals surface area contributed by atoms with Gasteiger partial charge in [0.1, 0.15) is 5.75 Å². The number of hydrogen-bond donors (Lipinski definition) is 2. The minimum absolute atomic E-state index is 0.260. The largest absolute Gasteiger partial charge is 0.494 e. The minimum Gasteiger partial charge on any atom is -0.494 e. The zero-order valence-corrected chi connectivity index (χ0v) is 19.3. The average molecular weight is 426 g/mol. The maximum Gasteiger partial charge on any atom is 0.313 e. The van der Waals surface area contributed by atoms with Crippen LogP contribution in [0.4, 0.5) is 5.69 Å². The molecule has 0 bridgehead atoms. The van der Waals surface area contributed by atoms with Gasteiger partial charge in [-0.2, -0.15) is 0 Å². The van der Waals surface area contributed by atoms with Crippen molar-refractivity contribution in [1.82, 2.24) is 10.2 Å². The van der Waals surface area contributed by atoms with E-state index in [0.29, 0.717) is 18.2 Å². The quantitative estimate of drug-likeness (QED) is 0.445.